The lowest BCUT2D eigenvalue weighted by molar-refractivity contribution is 0.130. The summed E-state index contributed by atoms with van der Waals surface area (Å²) >= 11 is 0. The molecule has 0 fully saturated rings. The molecule has 3 heteroatoms. The number of allylic oxidation sites excluding steroid dienone is 2. The minimum Gasteiger partial charge on any atom is -0.391 e. The van der Waals surface area contributed by atoms with Crippen molar-refractivity contribution in [2.75, 3.05) is 0 Å². The van der Waals surface area contributed by atoms with Gasteiger partial charge in [0.2, 0.25) is 0 Å². The van der Waals surface area contributed by atoms with Crippen LogP contribution in [0.25, 0.3) is 5.57 Å². The summed E-state index contributed by atoms with van der Waals surface area (Å²) < 4.78 is 13.8. The highest BCUT2D eigenvalue weighted by molar-refractivity contribution is 5.98. The summed E-state index contributed by atoms with van der Waals surface area (Å²) in [4.78, 5) is 5.53. The summed E-state index contributed by atoms with van der Waals surface area (Å²) in [6.45, 7) is 8.41. The highest BCUT2D eigenvalue weighted by Gasteiger charge is 2.09. The van der Waals surface area contributed by atoms with Gasteiger partial charge in [0, 0.05) is 11.1 Å². The van der Waals surface area contributed by atoms with Gasteiger partial charge >= 0.3 is 0 Å². The van der Waals surface area contributed by atoms with E-state index in [9.17, 15) is 4.39 Å². The van der Waals surface area contributed by atoms with E-state index in [0.717, 1.165) is 17.5 Å². The minimum atomic E-state index is -0.291. The van der Waals surface area contributed by atoms with E-state index in [1.807, 2.05) is 0 Å². The van der Waals surface area contributed by atoms with Crippen molar-refractivity contribution in [2.45, 2.75) is 40.7 Å². The SMILES string of the molecule is CC/C=C(/C)c1cccc(C)c1CO/N=C(\C)c1ccccc1F. The first kappa shape index (κ1) is 17.9. The van der Waals surface area contributed by atoms with Gasteiger partial charge in [0.15, 0.2) is 0 Å². The Balaban J connectivity index is 2.19. The number of halogens is 1. The molecule has 0 N–H and O–H groups in total. The molecule has 0 heterocycles. The summed E-state index contributed by atoms with van der Waals surface area (Å²) in [5.41, 5.74) is 5.68. The second-order valence-corrected chi connectivity index (χ2v) is 5.83. The van der Waals surface area contributed by atoms with Crippen molar-refractivity contribution in [3.8, 4) is 0 Å². The first-order valence-corrected chi connectivity index (χ1v) is 8.21. The van der Waals surface area contributed by atoms with E-state index in [1.165, 1.54) is 17.2 Å². The minimum absolute atomic E-state index is 0.291. The maximum atomic E-state index is 13.8. The summed E-state index contributed by atoms with van der Waals surface area (Å²) in [5.74, 6) is -0.291. The number of rotatable bonds is 6. The van der Waals surface area contributed by atoms with Gasteiger partial charge in [-0.2, -0.15) is 0 Å². The van der Waals surface area contributed by atoms with Crippen molar-refractivity contribution < 1.29 is 9.23 Å². The maximum absolute atomic E-state index is 13.8. The van der Waals surface area contributed by atoms with Gasteiger partial charge in [0.1, 0.15) is 12.4 Å². The van der Waals surface area contributed by atoms with Crippen molar-refractivity contribution in [1.29, 1.82) is 0 Å². The number of aryl methyl sites for hydroxylation is 1. The molecule has 0 saturated heterocycles. The lowest BCUT2D eigenvalue weighted by Gasteiger charge is -2.12. The molecule has 2 nitrogen and oxygen atoms in total. The fourth-order valence-corrected chi connectivity index (χ4v) is 2.68. The second kappa shape index (κ2) is 8.44. The molecule has 0 unspecified atom stereocenters. The van der Waals surface area contributed by atoms with Crippen LogP contribution in [-0.2, 0) is 11.4 Å². The first-order chi connectivity index (χ1) is 11.5. The zero-order chi connectivity index (χ0) is 17.5. The second-order valence-electron chi connectivity index (χ2n) is 5.83. The van der Waals surface area contributed by atoms with Crippen LogP contribution in [0.1, 0.15) is 49.4 Å². The van der Waals surface area contributed by atoms with Gasteiger partial charge in [-0.25, -0.2) is 4.39 Å². The normalized spacial score (nSPS) is 12.4. The van der Waals surface area contributed by atoms with Crippen LogP contribution >= 0.6 is 0 Å². The van der Waals surface area contributed by atoms with Gasteiger partial charge < -0.3 is 4.84 Å². The molecule has 2 aromatic rings. The molecule has 0 atom stereocenters. The van der Waals surface area contributed by atoms with Crippen molar-refractivity contribution in [3.63, 3.8) is 0 Å². The Bertz CT molecular complexity index is 762. The standard InChI is InChI=1S/C21H24FNO/c1-5-9-15(2)18-12-8-10-16(3)20(18)14-24-23-17(4)19-11-6-7-13-21(19)22/h6-13H,5,14H2,1-4H3/b15-9-,23-17+. The average Bonchev–Trinajstić information content (AvgIpc) is 2.56. The highest BCUT2D eigenvalue weighted by Crippen LogP contribution is 2.23. The molecule has 24 heavy (non-hydrogen) atoms. The zero-order valence-corrected chi connectivity index (χ0v) is 14.8. The third kappa shape index (κ3) is 4.31. The van der Waals surface area contributed by atoms with Crippen LogP contribution in [0.2, 0.25) is 0 Å². The predicted molar refractivity (Wildman–Crippen MR) is 98.5 cm³/mol. The van der Waals surface area contributed by atoms with Crippen molar-refractivity contribution in [3.05, 3.63) is 76.6 Å². The molecular formula is C21H24FNO. The fourth-order valence-electron chi connectivity index (χ4n) is 2.68. The fraction of sp³-hybridized carbons (Fsp3) is 0.286. The van der Waals surface area contributed by atoms with E-state index < -0.39 is 0 Å². The molecule has 2 aromatic carbocycles. The molecule has 0 bridgehead atoms. The Morgan fingerprint density at radius 3 is 2.50 bits per heavy atom. The van der Waals surface area contributed by atoms with E-state index in [1.54, 1.807) is 25.1 Å². The number of hydrogen-bond donors (Lipinski definition) is 0. The van der Waals surface area contributed by atoms with Gasteiger partial charge in [-0.15, -0.1) is 0 Å². The molecule has 2 rings (SSSR count). The molecule has 0 aromatic heterocycles. The Kier molecular flexibility index (Phi) is 6.30. The predicted octanol–water partition coefficient (Wildman–Crippen LogP) is 5.89. The molecule has 0 amide bonds. The topological polar surface area (TPSA) is 21.6 Å². The number of benzene rings is 2. The summed E-state index contributed by atoms with van der Waals surface area (Å²) in [7, 11) is 0. The Morgan fingerprint density at radius 1 is 1.08 bits per heavy atom. The van der Waals surface area contributed by atoms with Crippen LogP contribution in [0, 0.1) is 12.7 Å². The summed E-state index contributed by atoms with van der Waals surface area (Å²) in [5, 5.41) is 4.10. The van der Waals surface area contributed by atoms with Crippen LogP contribution in [0.5, 0.6) is 0 Å². The van der Waals surface area contributed by atoms with Crippen LogP contribution < -0.4 is 0 Å². The third-order valence-electron chi connectivity index (χ3n) is 4.02. The zero-order valence-electron chi connectivity index (χ0n) is 14.8. The lowest BCUT2D eigenvalue weighted by Crippen LogP contribution is -2.02. The Morgan fingerprint density at radius 2 is 1.79 bits per heavy atom. The van der Waals surface area contributed by atoms with Gasteiger partial charge in [-0.1, -0.05) is 54.6 Å². The van der Waals surface area contributed by atoms with Gasteiger partial charge in [0.05, 0.1) is 5.71 Å². The first-order valence-electron chi connectivity index (χ1n) is 8.21. The number of hydrogen-bond acceptors (Lipinski definition) is 2. The number of oxime groups is 1. The lowest BCUT2D eigenvalue weighted by atomic mass is 9.97. The maximum Gasteiger partial charge on any atom is 0.143 e. The third-order valence-corrected chi connectivity index (χ3v) is 4.02. The smallest absolute Gasteiger partial charge is 0.143 e. The Hall–Kier alpha value is -2.42. The quantitative estimate of drug-likeness (QED) is 0.479. The molecular weight excluding hydrogens is 301 g/mol. The molecule has 0 radical (unpaired) electrons. The largest absolute Gasteiger partial charge is 0.391 e. The van der Waals surface area contributed by atoms with E-state index >= 15 is 0 Å². The van der Waals surface area contributed by atoms with Crippen LogP contribution in [0.3, 0.4) is 0 Å². The molecule has 0 aliphatic heterocycles. The van der Waals surface area contributed by atoms with Crippen molar-refractivity contribution >= 4 is 11.3 Å². The van der Waals surface area contributed by atoms with Crippen molar-refractivity contribution in [2.24, 2.45) is 5.16 Å². The van der Waals surface area contributed by atoms with Crippen LogP contribution in [0.4, 0.5) is 4.39 Å². The Labute approximate surface area is 143 Å². The summed E-state index contributed by atoms with van der Waals surface area (Å²) in [6.07, 6.45) is 3.19. The van der Waals surface area contributed by atoms with Crippen LogP contribution in [0.15, 0.2) is 53.7 Å². The molecule has 0 saturated carbocycles. The van der Waals surface area contributed by atoms with E-state index in [-0.39, 0.29) is 5.82 Å². The molecule has 126 valence electrons. The monoisotopic (exact) mass is 325 g/mol. The number of nitrogens with zero attached hydrogens (tertiary/aromatic N) is 1. The van der Waals surface area contributed by atoms with E-state index in [2.05, 4.69) is 50.2 Å². The van der Waals surface area contributed by atoms with Gasteiger partial charge in [-0.05, 0) is 50.0 Å². The van der Waals surface area contributed by atoms with E-state index in [0.29, 0.717) is 17.9 Å². The van der Waals surface area contributed by atoms with E-state index in [4.69, 9.17) is 4.84 Å². The molecule has 0 spiro atoms. The molecule has 0 aliphatic rings. The summed E-state index contributed by atoms with van der Waals surface area (Å²) in [6, 6.07) is 12.8. The van der Waals surface area contributed by atoms with Crippen molar-refractivity contribution in [1.82, 2.24) is 0 Å². The van der Waals surface area contributed by atoms with Crippen LogP contribution in [-0.4, -0.2) is 5.71 Å². The average molecular weight is 325 g/mol. The van der Waals surface area contributed by atoms with Gasteiger partial charge in [0.25, 0.3) is 0 Å². The molecule has 0 aliphatic carbocycles. The highest BCUT2D eigenvalue weighted by atomic mass is 19.1. The van der Waals surface area contributed by atoms with Gasteiger partial charge in [-0.3, -0.25) is 0 Å².